The molecule has 0 bridgehead atoms. The van der Waals surface area contributed by atoms with Crippen molar-refractivity contribution in [2.45, 2.75) is 50.8 Å². The van der Waals surface area contributed by atoms with Gasteiger partial charge >= 0.3 is 0 Å². The van der Waals surface area contributed by atoms with E-state index in [1.165, 1.54) is 18.4 Å². The van der Waals surface area contributed by atoms with Crippen LogP contribution < -0.4 is 10.0 Å². The average molecular weight is 474 g/mol. The molecule has 10 heteroatoms. The van der Waals surface area contributed by atoms with E-state index in [4.69, 9.17) is 0 Å². The van der Waals surface area contributed by atoms with Crippen molar-refractivity contribution in [3.05, 3.63) is 35.6 Å². The molecule has 0 saturated carbocycles. The summed E-state index contributed by atoms with van der Waals surface area (Å²) >= 11 is 0. The quantitative estimate of drug-likeness (QED) is 0.540. The minimum Gasteiger partial charge on any atom is -0.387 e. The predicted octanol–water partition coefficient (Wildman–Crippen LogP) is 2.47. The lowest BCUT2D eigenvalue weighted by Crippen LogP contribution is -2.57. The van der Waals surface area contributed by atoms with Crippen LogP contribution in [0.15, 0.2) is 24.3 Å². The number of β-amino-alcohol motifs (C(OH)–C–C–N with tert-alkyl or cyclic N) is 1. The molecule has 1 fully saturated rings. The summed E-state index contributed by atoms with van der Waals surface area (Å²) in [7, 11) is -3.22. The predicted molar refractivity (Wildman–Crippen MR) is 120 cm³/mol. The molecule has 1 aliphatic rings. The van der Waals surface area contributed by atoms with Crippen molar-refractivity contribution < 1.29 is 17.9 Å². The first-order valence-corrected chi connectivity index (χ1v) is 11.2. The lowest BCUT2D eigenvalue weighted by Gasteiger charge is -2.42. The van der Waals surface area contributed by atoms with Gasteiger partial charge in [-0.05, 0) is 64.4 Å². The molecular weight excluding hydrogens is 440 g/mol. The second-order valence-electron chi connectivity index (χ2n) is 8.55. The van der Waals surface area contributed by atoms with E-state index in [-0.39, 0.29) is 36.2 Å². The van der Waals surface area contributed by atoms with Gasteiger partial charge in [0.05, 0.1) is 12.4 Å². The number of sulfonamides is 1. The first-order valence-electron chi connectivity index (χ1n) is 9.27. The highest BCUT2D eigenvalue weighted by Crippen LogP contribution is 2.24. The molecule has 1 saturated heterocycles. The molecule has 0 aromatic heterocycles. The summed E-state index contributed by atoms with van der Waals surface area (Å²) in [5.41, 5.74) is -0.0828. The van der Waals surface area contributed by atoms with Crippen LogP contribution in [0.25, 0.3) is 0 Å². The van der Waals surface area contributed by atoms with Crippen molar-refractivity contribution in [1.29, 1.82) is 0 Å². The maximum atomic E-state index is 13.3. The van der Waals surface area contributed by atoms with E-state index in [2.05, 4.69) is 28.8 Å². The first kappa shape index (κ1) is 28.5. The van der Waals surface area contributed by atoms with Crippen molar-refractivity contribution in [2.75, 3.05) is 32.4 Å². The number of aliphatic hydroxyl groups is 1. The van der Waals surface area contributed by atoms with E-state index in [1.807, 2.05) is 6.92 Å². The van der Waals surface area contributed by atoms with E-state index in [1.54, 1.807) is 12.1 Å². The summed E-state index contributed by atoms with van der Waals surface area (Å²) in [6.45, 7) is 8.79. The third-order valence-electron chi connectivity index (χ3n) is 5.02. The van der Waals surface area contributed by atoms with E-state index in [9.17, 15) is 17.9 Å². The average Bonchev–Trinajstić information content (AvgIpc) is 2.53. The maximum absolute atomic E-state index is 13.3. The highest BCUT2D eigenvalue weighted by Gasteiger charge is 2.34. The molecular formula is C19H34Cl2FN3O3S. The minimum atomic E-state index is -3.22. The van der Waals surface area contributed by atoms with Crippen LogP contribution in [0.3, 0.4) is 0 Å². The van der Waals surface area contributed by atoms with E-state index in [0.717, 1.165) is 32.5 Å². The zero-order valence-electron chi connectivity index (χ0n) is 17.4. The Balaban J connectivity index is 0.00000392. The number of nitrogens with zero attached hydrogens (tertiary/aromatic N) is 1. The van der Waals surface area contributed by atoms with Gasteiger partial charge in [0.25, 0.3) is 0 Å². The molecule has 0 unspecified atom stereocenters. The van der Waals surface area contributed by atoms with Crippen molar-refractivity contribution in [3.8, 4) is 0 Å². The SMILES string of the molecule is CC(C)(CN1CCC(C)(NS(C)(=O)=O)CC1)NC[C@H](O)c1cccc(F)c1.Cl.Cl. The van der Waals surface area contributed by atoms with Gasteiger partial charge in [-0.25, -0.2) is 17.5 Å². The van der Waals surface area contributed by atoms with Crippen LogP contribution in [0.5, 0.6) is 0 Å². The Hall–Kier alpha value is -0.480. The summed E-state index contributed by atoms with van der Waals surface area (Å²) in [6, 6.07) is 6.01. The smallest absolute Gasteiger partial charge is 0.209 e. The number of nitrogens with one attached hydrogen (secondary N) is 2. The zero-order chi connectivity index (χ0) is 20.3. The lowest BCUT2D eigenvalue weighted by molar-refractivity contribution is 0.114. The number of piperidine rings is 1. The number of aliphatic hydroxyl groups excluding tert-OH is 1. The largest absolute Gasteiger partial charge is 0.387 e. The molecule has 1 heterocycles. The van der Waals surface area contributed by atoms with Crippen molar-refractivity contribution in [1.82, 2.24) is 14.9 Å². The molecule has 0 radical (unpaired) electrons. The summed E-state index contributed by atoms with van der Waals surface area (Å²) in [5.74, 6) is -0.357. The van der Waals surface area contributed by atoms with Crippen molar-refractivity contribution in [3.63, 3.8) is 0 Å². The van der Waals surface area contributed by atoms with Gasteiger partial charge < -0.3 is 15.3 Å². The summed E-state index contributed by atoms with van der Waals surface area (Å²) in [6.07, 6.45) is 1.93. The number of halogens is 3. The van der Waals surface area contributed by atoms with Gasteiger partial charge in [-0.2, -0.15) is 0 Å². The molecule has 0 spiro atoms. The van der Waals surface area contributed by atoms with Gasteiger partial charge in [0.1, 0.15) is 5.82 Å². The Labute approximate surface area is 186 Å². The molecule has 0 aliphatic carbocycles. The minimum absolute atomic E-state index is 0. The zero-order valence-corrected chi connectivity index (χ0v) is 19.9. The van der Waals surface area contributed by atoms with Crippen molar-refractivity contribution >= 4 is 34.8 Å². The van der Waals surface area contributed by atoms with Crippen LogP contribution in [0.2, 0.25) is 0 Å². The van der Waals surface area contributed by atoms with Crippen LogP contribution >= 0.6 is 24.8 Å². The summed E-state index contributed by atoms with van der Waals surface area (Å²) in [5, 5.41) is 13.6. The van der Waals surface area contributed by atoms with E-state index >= 15 is 0 Å². The molecule has 0 amide bonds. The summed E-state index contributed by atoms with van der Waals surface area (Å²) < 4.78 is 39.1. The number of rotatable bonds is 8. The lowest BCUT2D eigenvalue weighted by atomic mass is 9.90. The molecule has 1 aromatic carbocycles. The third kappa shape index (κ3) is 9.91. The first-order chi connectivity index (χ1) is 12.4. The molecule has 1 atom stereocenters. The van der Waals surface area contributed by atoms with Crippen LogP contribution in [-0.4, -0.2) is 61.9 Å². The highest BCUT2D eigenvalue weighted by molar-refractivity contribution is 7.88. The Bertz CT molecular complexity index is 742. The molecule has 2 rings (SSSR count). The second-order valence-corrected chi connectivity index (χ2v) is 10.3. The van der Waals surface area contributed by atoms with Crippen LogP contribution in [-0.2, 0) is 10.0 Å². The fraction of sp³-hybridized carbons (Fsp3) is 0.684. The normalized spacial score (nSPS) is 18.4. The Morgan fingerprint density at radius 1 is 1.28 bits per heavy atom. The molecule has 6 nitrogen and oxygen atoms in total. The highest BCUT2D eigenvalue weighted by atomic mass is 35.5. The fourth-order valence-electron chi connectivity index (χ4n) is 3.57. The van der Waals surface area contributed by atoms with Gasteiger partial charge in [0.15, 0.2) is 0 Å². The van der Waals surface area contributed by atoms with Gasteiger partial charge in [-0.1, -0.05) is 12.1 Å². The van der Waals surface area contributed by atoms with E-state index in [0.29, 0.717) is 12.1 Å². The molecule has 1 aliphatic heterocycles. The standard InChI is InChI=1S/C19H32FN3O3S.2ClH/c1-18(2,21-13-17(24)15-6-5-7-16(20)12-15)14-23-10-8-19(3,9-11-23)22-27(4,25)26;;/h5-7,12,17,21-22,24H,8-11,13-14H2,1-4H3;2*1H/t17-;;/m0../s1. The molecule has 170 valence electrons. The van der Waals surface area contributed by atoms with Crippen LogP contribution in [0.4, 0.5) is 4.39 Å². The number of hydrogen-bond acceptors (Lipinski definition) is 5. The third-order valence-corrected chi connectivity index (χ3v) is 5.88. The van der Waals surface area contributed by atoms with Gasteiger partial charge in [-0.3, -0.25) is 0 Å². The topological polar surface area (TPSA) is 81.7 Å². The molecule has 1 aromatic rings. The van der Waals surface area contributed by atoms with Gasteiger partial charge in [0.2, 0.25) is 10.0 Å². The number of likely N-dealkylation sites (tertiary alicyclic amines) is 1. The Morgan fingerprint density at radius 3 is 2.38 bits per heavy atom. The Morgan fingerprint density at radius 2 is 1.86 bits per heavy atom. The van der Waals surface area contributed by atoms with Crippen LogP contribution in [0.1, 0.15) is 45.3 Å². The maximum Gasteiger partial charge on any atom is 0.209 e. The number of hydrogen-bond donors (Lipinski definition) is 3. The van der Waals surface area contributed by atoms with E-state index < -0.39 is 21.7 Å². The van der Waals surface area contributed by atoms with Gasteiger partial charge in [0, 0.05) is 24.2 Å². The monoisotopic (exact) mass is 473 g/mol. The van der Waals surface area contributed by atoms with Crippen LogP contribution in [0, 0.1) is 5.82 Å². The summed E-state index contributed by atoms with van der Waals surface area (Å²) in [4.78, 5) is 2.30. The number of benzene rings is 1. The van der Waals surface area contributed by atoms with Crippen molar-refractivity contribution in [2.24, 2.45) is 0 Å². The molecule has 3 N–H and O–H groups in total. The second kappa shape index (κ2) is 11.2. The van der Waals surface area contributed by atoms with Gasteiger partial charge in [-0.15, -0.1) is 24.8 Å². The Kier molecular flexibility index (Phi) is 11.0. The molecule has 29 heavy (non-hydrogen) atoms. The fourth-order valence-corrected chi connectivity index (χ4v) is 4.67.